The fraction of sp³-hybridized carbons (Fsp3) is 0.600. The van der Waals surface area contributed by atoms with E-state index < -0.39 is 6.10 Å². The van der Waals surface area contributed by atoms with Crippen LogP contribution in [0.2, 0.25) is 0 Å². The average molecular weight is 181 g/mol. The SMILES string of the molecule is C=COCC(O)CBr. The molecule has 0 aromatic heterocycles. The highest BCUT2D eigenvalue weighted by atomic mass is 79.9. The molecule has 0 bridgehead atoms. The lowest BCUT2D eigenvalue weighted by Gasteiger charge is -2.03. The molecule has 0 heterocycles. The highest BCUT2D eigenvalue weighted by Crippen LogP contribution is 1.90. The molecule has 1 unspecified atom stereocenters. The second-order valence-electron chi connectivity index (χ2n) is 1.31. The molecular formula is C5H9BrO2. The molecule has 0 aromatic rings. The van der Waals surface area contributed by atoms with Gasteiger partial charge in [-0.25, -0.2) is 0 Å². The van der Waals surface area contributed by atoms with E-state index in [1.807, 2.05) is 0 Å². The van der Waals surface area contributed by atoms with Crippen LogP contribution in [0.5, 0.6) is 0 Å². The summed E-state index contributed by atoms with van der Waals surface area (Å²) in [6, 6.07) is 0. The van der Waals surface area contributed by atoms with E-state index in [1.54, 1.807) is 0 Å². The van der Waals surface area contributed by atoms with Gasteiger partial charge in [0.05, 0.1) is 12.4 Å². The smallest absolute Gasteiger partial charge is 0.114 e. The minimum absolute atomic E-state index is 0.314. The maximum Gasteiger partial charge on any atom is 0.114 e. The summed E-state index contributed by atoms with van der Waals surface area (Å²) in [4.78, 5) is 0. The van der Waals surface area contributed by atoms with Crippen molar-refractivity contribution in [2.75, 3.05) is 11.9 Å². The van der Waals surface area contributed by atoms with Gasteiger partial charge in [0, 0.05) is 5.33 Å². The Balaban J connectivity index is 2.97. The minimum Gasteiger partial charge on any atom is -0.499 e. The van der Waals surface area contributed by atoms with Gasteiger partial charge in [-0.05, 0) is 0 Å². The maximum absolute atomic E-state index is 8.77. The minimum atomic E-state index is -0.423. The molecule has 1 atom stereocenters. The second-order valence-corrected chi connectivity index (χ2v) is 1.96. The third-order valence-electron chi connectivity index (χ3n) is 0.585. The van der Waals surface area contributed by atoms with Crippen LogP contribution in [-0.2, 0) is 4.74 Å². The Morgan fingerprint density at radius 1 is 1.88 bits per heavy atom. The molecule has 0 aromatic carbocycles. The van der Waals surface area contributed by atoms with E-state index in [-0.39, 0.29) is 0 Å². The summed E-state index contributed by atoms with van der Waals surface area (Å²) in [5.74, 6) is 0. The van der Waals surface area contributed by atoms with Gasteiger partial charge < -0.3 is 9.84 Å². The van der Waals surface area contributed by atoms with Gasteiger partial charge in [0.1, 0.15) is 6.61 Å². The molecule has 2 nitrogen and oxygen atoms in total. The average Bonchev–Trinajstić information content (AvgIpc) is 1.83. The van der Waals surface area contributed by atoms with Crippen LogP contribution >= 0.6 is 15.9 Å². The van der Waals surface area contributed by atoms with E-state index in [4.69, 9.17) is 5.11 Å². The predicted molar refractivity (Wildman–Crippen MR) is 35.9 cm³/mol. The Morgan fingerprint density at radius 2 is 2.50 bits per heavy atom. The molecule has 0 aliphatic heterocycles. The fourth-order valence-electron chi connectivity index (χ4n) is 0.224. The molecule has 0 saturated heterocycles. The number of ether oxygens (including phenoxy) is 1. The number of halogens is 1. The molecule has 0 aliphatic carbocycles. The van der Waals surface area contributed by atoms with Crippen molar-refractivity contribution < 1.29 is 9.84 Å². The van der Waals surface area contributed by atoms with Gasteiger partial charge in [-0.2, -0.15) is 0 Å². The van der Waals surface area contributed by atoms with E-state index in [0.717, 1.165) is 0 Å². The first-order valence-corrected chi connectivity index (χ1v) is 3.40. The lowest BCUT2D eigenvalue weighted by Crippen LogP contribution is -2.14. The third kappa shape index (κ3) is 4.15. The highest BCUT2D eigenvalue weighted by Gasteiger charge is 1.97. The van der Waals surface area contributed by atoms with Crippen LogP contribution in [0.1, 0.15) is 0 Å². The van der Waals surface area contributed by atoms with Gasteiger partial charge in [-0.3, -0.25) is 0 Å². The first-order valence-electron chi connectivity index (χ1n) is 2.27. The van der Waals surface area contributed by atoms with E-state index >= 15 is 0 Å². The quantitative estimate of drug-likeness (QED) is 0.515. The number of rotatable bonds is 4. The number of aliphatic hydroxyl groups excluding tert-OH is 1. The zero-order chi connectivity index (χ0) is 6.41. The van der Waals surface area contributed by atoms with Crippen molar-refractivity contribution in [1.82, 2.24) is 0 Å². The maximum atomic E-state index is 8.77. The van der Waals surface area contributed by atoms with Gasteiger partial charge in [0.15, 0.2) is 0 Å². The number of aliphatic hydroxyl groups is 1. The van der Waals surface area contributed by atoms with Gasteiger partial charge in [-0.15, -0.1) is 0 Å². The van der Waals surface area contributed by atoms with Crippen LogP contribution in [0, 0.1) is 0 Å². The Labute approximate surface area is 57.3 Å². The Bertz CT molecular complexity index is 65.4. The number of alkyl halides is 1. The molecule has 0 spiro atoms. The lowest BCUT2D eigenvalue weighted by atomic mass is 10.4. The van der Waals surface area contributed by atoms with E-state index in [2.05, 4.69) is 27.2 Å². The van der Waals surface area contributed by atoms with Crippen LogP contribution in [0.15, 0.2) is 12.8 Å². The van der Waals surface area contributed by atoms with E-state index in [9.17, 15) is 0 Å². The molecule has 48 valence electrons. The molecular weight excluding hydrogens is 172 g/mol. The fourth-order valence-corrected chi connectivity index (χ4v) is 0.411. The van der Waals surface area contributed by atoms with Crippen LogP contribution in [0.3, 0.4) is 0 Å². The van der Waals surface area contributed by atoms with Crippen LogP contribution < -0.4 is 0 Å². The molecule has 0 saturated carbocycles. The van der Waals surface area contributed by atoms with Crippen molar-refractivity contribution in [2.24, 2.45) is 0 Å². The molecule has 1 N–H and O–H groups in total. The summed E-state index contributed by atoms with van der Waals surface area (Å²) < 4.78 is 4.67. The van der Waals surface area contributed by atoms with Crippen molar-refractivity contribution in [3.63, 3.8) is 0 Å². The van der Waals surface area contributed by atoms with Crippen LogP contribution in [0.25, 0.3) is 0 Å². The van der Waals surface area contributed by atoms with Gasteiger partial charge in [0.2, 0.25) is 0 Å². The first kappa shape index (κ1) is 7.98. The number of hydrogen-bond acceptors (Lipinski definition) is 2. The molecule has 3 heteroatoms. The van der Waals surface area contributed by atoms with Crippen molar-refractivity contribution in [3.8, 4) is 0 Å². The summed E-state index contributed by atoms with van der Waals surface area (Å²) in [6.07, 6.45) is 0.888. The van der Waals surface area contributed by atoms with Crippen molar-refractivity contribution in [3.05, 3.63) is 12.8 Å². The molecule has 0 radical (unpaired) electrons. The summed E-state index contributed by atoms with van der Waals surface area (Å²) in [7, 11) is 0. The van der Waals surface area contributed by atoms with Gasteiger partial charge >= 0.3 is 0 Å². The van der Waals surface area contributed by atoms with E-state index in [1.165, 1.54) is 6.26 Å². The summed E-state index contributed by atoms with van der Waals surface area (Å²) in [5, 5.41) is 9.31. The van der Waals surface area contributed by atoms with Crippen molar-refractivity contribution in [2.45, 2.75) is 6.10 Å². The lowest BCUT2D eigenvalue weighted by molar-refractivity contribution is 0.102. The van der Waals surface area contributed by atoms with Gasteiger partial charge in [0.25, 0.3) is 0 Å². The normalized spacial score (nSPS) is 12.8. The highest BCUT2D eigenvalue weighted by molar-refractivity contribution is 9.09. The molecule has 0 amide bonds. The zero-order valence-corrected chi connectivity index (χ0v) is 6.10. The zero-order valence-electron chi connectivity index (χ0n) is 4.51. The third-order valence-corrected chi connectivity index (χ3v) is 1.33. The monoisotopic (exact) mass is 180 g/mol. The Morgan fingerprint density at radius 3 is 2.88 bits per heavy atom. The van der Waals surface area contributed by atoms with Crippen LogP contribution in [-0.4, -0.2) is 23.1 Å². The van der Waals surface area contributed by atoms with Crippen molar-refractivity contribution in [1.29, 1.82) is 0 Å². The number of hydrogen-bond donors (Lipinski definition) is 1. The van der Waals surface area contributed by atoms with Gasteiger partial charge in [-0.1, -0.05) is 22.5 Å². The standard InChI is InChI=1S/C5H9BrO2/c1-2-8-4-5(7)3-6/h2,5,7H,1,3-4H2. The molecule has 0 fully saturated rings. The summed E-state index contributed by atoms with van der Waals surface area (Å²) in [5.41, 5.74) is 0. The van der Waals surface area contributed by atoms with Crippen LogP contribution in [0.4, 0.5) is 0 Å². The topological polar surface area (TPSA) is 29.5 Å². The van der Waals surface area contributed by atoms with E-state index in [0.29, 0.717) is 11.9 Å². The summed E-state index contributed by atoms with van der Waals surface area (Å²) >= 11 is 3.08. The van der Waals surface area contributed by atoms with Crippen molar-refractivity contribution >= 4 is 15.9 Å². The first-order chi connectivity index (χ1) is 3.81. The molecule has 8 heavy (non-hydrogen) atoms. The largest absolute Gasteiger partial charge is 0.499 e. The predicted octanol–water partition coefficient (Wildman–Crippen LogP) is 0.902. The Kier molecular flexibility index (Phi) is 5.11. The molecule has 0 aliphatic rings. The molecule has 0 rings (SSSR count). The second kappa shape index (κ2) is 5.12. The summed E-state index contributed by atoms with van der Waals surface area (Å²) in [6.45, 7) is 3.63. The Hall–Kier alpha value is -0.0200.